The van der Waals surface area contributed by atoms with Crippen LogP contribution < -0.4 is 10.5 Å². The lowest BCUT2D eigenvalue weighted by Gasteiger charge is -2.13. The van der Waals surface area contributed by atoms with Crippen molar-refractivity contribution < 1.29 is 9.15 Å². The highest BCUT2D eigenvalue weighted by molar-refractivity contribution is 6.28. The van der Waals surface area contributed by atoms with Gasteiger partial charge in [0.25, 0.3) is 0 Å². The van der Waals surface area contributed by atoms with Gasteiger partial charge in [-0.2, -0.15) is 0 Å². The van der Waals surface area contributed by atoms with Crippen LogP contribution in [0.3, 0.4) is 0 Å². The summed E-state index contributed by atoms with van der Waals surface area (Å²) in [6.07, 6.45) is 0. The Balaban J connectivity index is 2.34. The normalized spacial score (nSPS) is 12.5. The van der Waals surface area contributed by atoms with Crippen molar-refractivity contribution in [1.82, 2.24) is 0 Å². The van der Waals surface area contributed by atoms with Gasteiger partial charge in [-0.1, -0.05) is 6.07 Å². The first-order chi connectivity index (χ1) is 8.11. The third-order valence-electron chi connectivity index (χ3n) is 2.71. The molecule has 0 aliphatic carbocycles. The number of rotatable bonds is 3. The Labute approximate surface area is 105 Å². The Morgan fingerprint density at radius 2 is 2.06 bits per heavy atom. The summed E-state index contributed by atoms with van der Waals surface area (Å²) in [5.41, 5.74) is 8.19. The molecule has 1 heterocycles. The summed E-state index contributed by atoms with van der Waals surface area (Å²) in [6.45, 7) is 1.99. The van der Waals surface area contributed by atoms with Crippen molar-refractivity contribution in [2.45, 2.75) is 13.0 Å². The van der Waals surface area contributed by atoms with Crippen molar-refractivity contribution in [3.63, 3.8) is 0 Å². The molecule has 0 aliphatic rings. The zero-order chi connectivity index (χ0) is 12.4. The fourth-order valence-electron chi connectivity index (χ4n) is 1.77. The minimum absolute atomic E-state index is 0.312. The molecule has 2 aromatic rings. The van der Waals surface area contributed by atoms with Crippen LogP contribution in [-0.4, -0.2) is 7.11 Å². The minimum Gasteiger partial charge on any atom is -0.497 e. The summed E-state index contributed by atoms with van der Waals surface area (Å²) in [7, 11) is 1.64. The van der Waals surface area contributed by atoms with Crippen LogP contribution in [0.25, 0.3) is 0 Å². The van der Waals surface area contributed by atoms with E-state index in [4.69, 9.17) is 26.5 Å². The summed E-state index contributed by atoms with van der Waals surface area (Å²) < 4.78 is 10.5. The Kier molecular flexibility index (Phi) is 3.41. The van der Waals surface area contributed by atoms with Gasteiger partial charge in [0.1, 0.15) is 11.5 Å². The van der Waals surface area contributed by atoms with Crippen molar-refractivity contribution in [2.24, 2.45) is 5.73 Å². The first kappa shape index (κ1) is 12.0. The number of furan rings is 1. The molecule has 0 amide bonds. The predicted molar refractivity (Wildman–Crippen MR) is 67.5 cm³/mol. The summed E-state index contributed by atoms with van der Waals surface area (Å²) >= 11 is 5.74. The molecular weight excluding hydrogens is 238 g/mol. The molecule has 90 valence electrons. The average Bonchev–Trinajstić information content (AvgIpc) is 2.75. The third kappa shape index (κ3) is 2.46. The average molecular weight is 252 g/mol. The monoisotopic (exact) mass is 251 g/mol. The van der Waals surface area contributed by atoms with Crippen LogP contribution in [0.5, 0.6) is 5.75 Å². The van der Waals surface area contributed by atoms with Gasteiger partial charge in [-0.25, -0.2) is 0 Å². The van der Waals surface area contributed by atoms with Crippen molar-refractivity contribution in [3.8, 4) is 5.75 Å². The van der Waals surface area contributed by atoms with E-state index in [0.29, 0.717) is 11.0 Å². The number of hydrogen-bond donors (Lipinski definition) is 1. The van der Waals surface area contributed by atoms with E-state index in [1.54, 1.807) is 19.2 Å². The molecular formula is C13H14ClNO2. The smallest absolute Gasteiger partial charge is 0.193 e. The molecule has 0 saturated carbocycles. The molecule has 1 atom stereocenters. The number of nitrogens with two attached hydrogens (primary N) is 1. The Morgan fingerprint density at radius 1 is 1.29 bits per heavy atom. The first-order valence-electron chi connectivity index (χ1n) is 5.27. The quantitative estimate of drug-likeness (QED) is 0.911. The van der Waals surface area contributed by atoms with Gasteiger partial charge in [0, 0.05) is 0 Å². The standard InChI is InChI=1S/C13H14ClNO2/c1-8-7-9(16-2)3-4-10(8)13(15)11-5-6-12(14)17-11/h3-7,13H,15H2,1-2H3. The molecule has 0 fully saturated rings. The van der Waals surface area contributed by atoms with Crippen LogP contribution in [-0.2, 0) is 0 Å². The Morgan fingerprint density at radius 3 is 2.59 bits per heavy atom. The van der Waals surface area contributed by atoms with E-state index in [-0.39, 0.29) is 6.04 Å². The molecule has 17 heavy (non-hydrogen) atoms. The second-order valence-electron chi connectivity index (χ2n) is 3.84. The number of methoxy groups -OCH3 is 1. The van der Waals surface area contributed by atoms with Crippen LogP contribution in [0.15, 0.2) is 34.7 Å². The second-order valence-corrected chi connectivity index (χ2v) is 4.21. The van der Waals surface area contributed by atoms with Gasteiger partial charge >= 0.3 is 0 Å². The number of benzene rings is 1. The lowest BCUT2D eigenvalue weighted by atomic mass is 10.00. The van der Waals surface area contributed by atoms with Gasteiger partial charge in [-0.3, -0.25) is 0 Å². The minimum atomic E-state index is -0.312. The highest BCUT2D eigenvalue weighted by Gasteiger charge is 2.15. The van der Waals surface area contributed by atoms with Crippen LogP contribution >= 0.6 is 11.6 Å². The SMILES string of the molecule is COc1ccc(C(N)c2ccc(Cl)o2)c(C)c1. The molecule has 0 saturated heterocycles. The number of halogens is 1. The fraction of sp³-hybridized carbons (Fsp3) is 0.231. The van der Waals surface area contributed by atoms with Gasteiger partial charge in [0.15, 0.2) is 5.22 Å². The first-order valence-corrected chi connectivity index (χ1v) is 5.65. The van der Waals surface area contributed by atoms with E-state index < -0.39 is 0 Å². The maximum Gasteiger partial charge on any atom is 0.193 e. The molecule has 1 unspecified atom stereocenters. The maximum absolute atomic E-state index is 6.13. The second kappa shape index (κ2) is 4.82. The van der Waals surface area contributed by atoms with Crippen molar-refractivity contribution in [3.05, 3.63) is 52.4 Å². The van der Waals surface area contributed by atoms with E-state index in [0.717, 1.165) is 16.9 Å². The molecule has 2 N–H and O–H groups in total. The summed E-state index contributed by atoms with van der Waals surface area (Å²) in [6, 6.07) is 8.93. The zero-order valence-electron chi connectivity index (χ0n) is 9.74. The number of hydrogen-bond acceptors (Lipinski definition) is 3. The van der Waals surface area contributed by atoms with E-state index in [1.807, 2.05) is 25.1 Å². The Bertz CT molecular complexity index is 522. The predicted octanol–water partition coefficient (Wildman–Crippen LogP) is 3.30. The molecule has 0 bridgehead atoms. The highest BCUT2D eigenvalue weighted by Crippen LogP contribution is 2.27. The van der Waals surface area contributed by atoms with Crippen LogP contribution in [0.1, 0.15) is 22.9 Å². The van der Waals surface area contributed by atoms with E-state index in [2.05, 4.69) is 0 Å². The largest absolute Gasteiger partial charge is 0.497 e. The van der Waals surface area contributed by atoms with Gasteiger partial charge in [0.2, 0.25) is 0 Å². The molecule has 1 aromatic carbocycles. The van der Waals surface area contributed by atoms with E-state index in [9.17, 15) is 0 Å². The zero-order valence-corrected chi connectivity index (χ0v) is 10.5. The molecule has 0 spiro atoms. The van der Waals surface area contributed by atoms with Gasteiger partial charge in [-0.05, 0) is 53.9 Å². The molecule has 4 heteroatoms. The number of ether oxygens (including phenoxy) is 1. The Hall–Kier alpha value is -1.45. The van der Waals surface area contributed by atoms with E-state index >= 15 is 0 Å². The lowest BCUT2D eigenvalue weighted by molar-refractivity contribution is 0.414. The topological polar surface area (TPSA) is 48.4 Å². The third-order valence-corrected chi connectivity index (χ3v) is 2.92. The van der Waals surface area contributed by atoms with Crippen LogP contribution in [0.2, 0.25) is 5.22 Å². The lowest BCUT2D eigenvalue weighted by Crippen LogP contribution is -2.12. The maximum atomic E-state index is 6.13. The van der Waals surface area contributed by atoms with Gasteiger partial charge < -0.3 is 14.9 Å². The molecule has 0 radical (unpaired) electrons. The number of aryl methyl sites for hydroxylation is 1. The van der Waals surface area contributed by atoms with Gasteiger partial charge in [-0.15, -0.1) is 0 Å². The molecule has 1 aromatic heterocycles. The molecule has 3 nitrogen and oxygen atoms in total. The summed E-state index contributed by atoms with van der Waals surface area (Å²) in [5.74, 6) is 1.47. The van der Waals surface area contributed by atoms with E-state index in [1.165, 1.54) is 0 Å². The van der Waals surface area contributed by atoms with Crippen LogP contribution in [0.4, 0.5) is 0 Å². The van der Waals surface area contributed by atoms with Crippen molar-refractivity contribution in [2.75, 3.05) is 7.11 Å². The highest BCUT2D eigenvalue weighted by atomic mass is 35.5. The fourth-order valence-corrected chi connectivity index (χ4v) is 1.92. The summed E-state index contributed by atoms with van der Waals surface area (Å²) in [5, 5.41) is 0.349. The van der Waals surface area contributed by atoms with Crippen molar-refractivity contribution >= 4 is 11.6 Å². The van der Waals surface area contributed by atoms with Crippen molar-refractivity contribution in [1.29, 1.82) is 0 Å². The van der Waals surface area contributed by atoms with Crippen LogP contribution in [0, 0.1) is 6.92 Å². The summed E-state index contributed by atoms with van der Waals surface area (Å²) in [4.78, 5) is 0. The molecule has 0 aliphatic heterocycles. The van der Waals surface area contributed by atoms with Gasteiger partial charge in [0.05, 0.1) is 13.2 Å². The molecule has 2 rings (SSSR count).